The predicted molar refractivity (Wildman–Crippen MR) is 116 cm³/mol. The zero-order chi connectivity index (χ0) is 20.1. The summed E-state index contributed by atoms with van der Waals surface area (Å²) in [6.07, 6.45) is -1.29. The van der Waals surface area contributed by atoms with Gasteiger partial charge in [0.05, 0.1) is 5.41 Å². The van der Waals surface area contributed by atoms with Crippen molar-refractivity contribution in [2.75, 3.05) is 0 Å². The SMILES string of the molecule is O=C(c1ccccc1)C(O)C(c1ccccc1)(c1ccccc1)c1ccccc1. The first-order valence-corrected chi connectivity index (χ1v) is 9.68. The molecule has 1 atom stereocenters. The second-order valence-corrected chi connectivity index (χ2v) is 7.04. The average Bonchev–Trinajstić information content (AvgIpc) is 2.82. The van der Waals surface area contributed by atoms with Crippen molar-refractivity contribution in [2.24, 2.45) is 0 Å². The number of hydrogen-bond donors (Lipinski definition) is 1. The lowest BCUT2D eigenvalue weighted by Gasteiger charge is -2.39. The van der Waals surface area contributed by atoms with Crippen LogP contribution in [0.25, 0.3) is 0 Å². The van der Waals surface area contributed by atoms with Gasteiger partial charge in [-0.05, 0) is 16.7 Å². The smallest absolute Gasteiger partial charge is 0.192 e. The molecule has 0 fully saturated rings. The van der Waals surface area contributed by atoms with E-state index in [-0.39, 0.29) is 5.78 Å². The van der Waals surface area contributed by atoms with Crippen LogP contribution < -0.4 is 0 Å². The second kappa shape index (κ2) is 8.26. The first-order chi connectivity index (χ1) is 14.2. The predicted octanol–water partition coefficient (Wildman–Crippen LogP) is 5.26. The molecule has 4 aromatic carbocycles. The van der Waals surface area contributed by atoms with Crippen LogP contribution in [0.5, 0.6) is 0 Å². The molecule has 29 heavy (non-hydrogen) atoms. The van der Waals surface area contributed by atoms with Gasteiger partial charge in [0.25, 0.3) is 0 Å². The number of rotatable bonds is 6. The van der Waals surface area contributed by atoms with Crippen LogP contribution in [0.2, 0.25) is 0 Å². The largest absolute Gasteiger partial charge is 0.383 e. The molecule has 0 spiro atoms. The number of hydrogen-bond acceptors (Lipinski definition) is 2. The lowest BCUT2D eigenvalue weighted by atomic mass is 9.64. The number of ketones is 1. The second-order valence-electron chi connectivity index (χ2n) is 7.04. The van der Waals surface area contributed by atoms with Crippen LogP contribution in [0.3, 0.4) is 0 Å². The van der Waals surface area contributed by atoms with Crippen molar-refractivity contribution in [2.45, 2.75) is 11.5 Å². The molecule has 142 valence electrons. The van der Waals surface area contributed by atoms with E-state index in [9.17, 15) is 9.90 Å². The lowest BCUT2D eigenvalue weighted by Crippen LogP contribution is -2.46. The van der Waals surface area contributed by atoms with Crippen molar-refractivity contribution in [1.82, 2.24) is 0 Å². The molecular weight excluding hydrogens is 356 g/mol. The molecule has 0 aliphatic heterocycles. The molecule has 2 nitrogen and oxygen atoms in total. The zero-order valence-electron chi connectivity index (χ0n) is 16.0. The molecule has 2 heteroatoms. The molecule has 0 radical (unpaired) electrons. The Balaban J connectivity index is 2.01. The fourth-order valence-corrected chi connectivity index (χ4v) is 4.03. The quantitative estimate of drug-likeness (QED) is 0.367. The van der Waals surface area contributed by atoms with Gasteiger partial charge in [0, 0.05) is 5.56 Å². The number of carbonyl (C=O) groups is 1. The van der Waals surface area contributed by atoms with Crippen molar-refractivity contribution in [3.63, 3.8) is 0 Å². The number of carbonyl (C=O) groups excluding carboxylic acids is 1. The normalized spacial score (nSPS) is 12.3. The first-order valence-electron chi connectivity index (χ1n) is 9.68. The van der Waals surface area contributed by atoms with Gasteiger partial charge < -0.3 is 5.11 Å². The van der Waals surface area contributed by atoms with E-state index in [1.165, 1.54) is 0 Å². The molecule has 0 saturated heterocycles. The maximum Gasteiger partial charge on any atom is 0.192 e. The van der Waals surface area contributed by atoms with Crippen LogP contribution in [0.4, 0.5) is 0 Å². The Bertz CT molecular complexity index is 962. The zero-order valence-corrected chi connectivity index (χ0v) is 16.0. The molecule has 4 aromatic rings. The van der Waals surface area contributed by atoms with Crippen LogP contribution >= 0.6 is 0 Å². The van der Waals surface area contributed by atoms with E-state index in [2.05, 4.69) is 0 Å². The number of benzene rings is 4. The van der Waals surface area contributed by atoms with E-state index in [1.54, 1.807) is 12.1 Å². The van der Waals surface area contributed by atoms with E-state index >= 15 is 0 Å². The van der Waals surface area contributed by atoms with Crippen molar-refractivity contribution in [3.05, 3.63) is 144 Å². The highest BCUT2D eigenvalue weighted by Gasteiger charge is 2.46. The number of Topliss-reactive ketones (excluding diaryl/α,β-unsaturated/α-hetero) is 1. The van der Waals surface area contributed by atoms with Crippen molar-refractivity contribution >= 4 is 5.78 Å². The summed E-state index contributed by atoms with van der Waals surface area (Å²) >= 11 is 0. The van der Waals surface area contributed by atoms with E-state index < -0.39 is 11.5 Å². The summed E-state index contributed by atoms with van der Waals surface area (Å²) in [6.45, 7) is 0. The molecule has 0 saturated carbocycles. The third-order valence-corrected chi connectivity index (χ3v) is 5.40. The Kier molecular flexibility index (Phi) is 5.37. The highest BCUT2D eigenvalue weighted by atomic mass is 16.3. The minimum absolute atomic E-state index is 0.304. The van der Waals surface area contributed by atoms with Gasteiger partial charge in [-0.15, -0.1) is 0 Å². The van der Waals surface area contributed by atoms with E-state index in [0.717, 1.165) is 16.7 Å². The Morgan fingerprint density at radius 1 is 0.552 bits per heavy atom. The monoisotopic (exact) mass is 378 g/mol. The molecule has 0 bridgehead atoms. The van der Waals surface area contributed by atoms with Gasteiger partial charge in [-0.1, -0.05) is 121 Å². The number of aliphatic hydroxyl groups is 1. The van der Waals surface area contributed by atoms with Gasteiger partial charge in [0.15, 0.2) is 5.78 Å². The standard InChI is InChI=1S/C27H22O2/c28-25(21-13-5-1-6-14-21)26(29)27(22-15-7-2-8-16-22,23-17-9-3-10-18-23)24-19-11-4-12-20-24/h1-20,26,29H. The van der Waals surface area contributed by atoms with Gasteiger partial charge in [0.1, 0.15) is 6.10 Å². The third-order valence-electron chi connectivity index (χ3n) is 5.40. The summed E-state index contributed by atoms with van der Waals surface area (Å²) in [5, 5.41) is 11.7. The molecule has 0 amide bonds. The molecule has 4 rings (SSSR count). The summed E-state index contributed by atoms with van der Waals surface area (Å²) in [4.78, 5) is 13.5. The van der Waals surface area contributed by atoms with Crippen molar-refractivity contribution in [3.8, 4) is 0 Å². The van der Waals surface area contributed by atoms with Crippen LogP contribution in [-0.2, 0) is 5.41 Å². The summed E-state index contributed by atoms with van der Waals surface area (Å²) < 4.78 is 0. The van der Waals surface area contributed by atoms with Crippen molar-refractivity contribution < 1.29 is 9.90 Å². The molecule has 0 aromatic heterocycles. The van der Waals surface area contributed by atoms with Gasteiger partial charge in [0.2, 0.25) is 0 Å². The van der Waals surface area contributed by atoms with Crippen LogP contribution in [0, 0.1) is 0 Å². The Labute approximate surface area is 171 Å². The van der Waals surface area contributed by atoms with E-state index in [0.29, 0.717) is 5.56 Å². The van der Waals surface area contributed by atoms with Gasteiger partial charge in [-0.2, -0.15) is 0 Å². The summed E-state index contributed by atoms with van der Waals surface area (Å²) in [7, 11) is 0. The topological polar surface area (TPSA) is 37.3 Å². The van der Waals surface area contributed by atoms with Crippen LogP contribution in [-0.4, -0.2) is 17.0 Å². The highest BCUT2D eigenvalue weighted by Crippen LogP contribution is 2.43. The first kappa shape index (κ1) is 18.9. The Morgan fingerprint density at radius 2 is 0.862 bits per heavy atom. The van der Waals surface area contributed by atoms with Gasteiger partial charge in [-0.25, -0.2) is 0 Å². The van der Waals surface area contributed by atoms with Gasteiger partial charge in [-0.3, -0.25) is 4.79 Å². The maximum absolute atomic E-state index is 13.5. The molecule has 1 N–H and O–H groups in total. The van der Waals surface area contributed by atoms with Gasteiger partial charge >= 0.3 is 0 Å². The summed E-state index contributed by atoms with van der Waals surface area (Å²) in [5.74, 6) is -0.304. The van der Waals surface area contributed by atoms with Crippen LogP contribution in [0.15, 0.2) is 121 Å². The minimum atomic E-state index is -1.29. The van der Waals surface area contributed by atoms with Crippen molar-refractivity contribution in [1.29, 1.82) is 0 Å². The fraction of sp³-hybridized carbons (Fsp3) is 0.0741. The van der Waals surface area contributed by atoms with Crippen LogP contribution in [0.1, 0.15) is 27.0 Å². The van der Waals surface area contributed by atoms with E-state index in [1.807, 2.05) is 109 Å². The fourth-order valence-electron chi connectivity index (χ4n) is 4.03. The molecule has 1 unspecified atom stereocenters. The lowest BCUT2D eigenvalue weighted by molar-refractivity contribution is 0.0637. The number of aliphatic hydroxyl groups excluding tert-OH is 1. The molecule has 0 aliphatic carbocycles. The maximum atomic E-state index is 13.5. The average molecular weight is 378 g/mol. The Morgan fingerprint density at radius 3 is 1.21 bits per heavy atom. The molecular formula is C27H22O2. The molecule has 0 aliphatic rings. The van der Waals surface area contributed by atoms with E-state index in [4.69, 9.17) is 0 Å². The summed E-state index contributed by atoms with van der Waals surface area (Å²) in [5.41, 5.74) is 2.07. The highest BCUT2D eigenvalue weighted by molar-refractivity contribution is 6.01. The third kappa shape index (κ3) is 3.39. The summed E-state index contributed by atoms with van der Waals surface area (Å²) in [6, 6.07) is 38.3. The Hall–Kier alpha value is -3.49. The molecule has 0 heterocycles. The minimum Gasteiger partial charge on any atom is -0.383 e.